The summed E-state index contributed by atoms with van der Waals surface area (Å²) in [6.07, 6.45) is 0.767. The molecule has 0 spiro atoms. The lowest BCUT2D eigenvalue weighted by Gasteiger charge is -2.06. The molecular formula is C13H16ClNO3S. The highest BCUT2D eigenvalue weighted by atomic mass is 35.5. The highest BCUT2D eigenvalue weighted by Crippen LogP contribution is 2.14. The normalized spacial score (nSPS) is 10.2. The Labute approximate surface area is 121 Å². The molecule has 104 valence electrons. The molecule has 1 amide bonds. The van der Waals surface area contributed by atoms with Gasteiger partial charge in [0.1, 0.15) is 0 Å². The number of carboxylic acids is 1. The third-order valence-electron chi connectivity index (χ3n) is 2.37. The SMILES string of the molecule is O=C(O)CCSCC(=O)NCCc1ccccc1Cl. The van der Waals surface area contributed by atoms with Crippen molar-refractivity contribution < 1.29 is 14.7 Å². The fraction of sp³-hybridized carbons (Fsp3) is 0.385. The lowest BCUT2D eigenvalue weighted by molar-refractivity contribution is -0.136. The molecule has 0 bridgehead atoms. The maximum Gasteiger partial charge on any atom is 0.304 e. The molecule has 0 saturated heterocycles. The molecule has 19 heavy (non-hydrogen) atoms. The predicted molar refractivity (Wildman–Crippen MR) is 77.7 cm³/mol. The summed E-state index contributed by atoms with van der Waals surface area (Å²) < 4.78 is 0. The van der Waals surface area contributed by atoms with Crippen molar-refractivity contribution in [2.75, 3.05) is 18.1 Å². The van der Waals surface area contributed by atoms with Crippen LogP contribution in [0.5, 0.6) is 0 Å². The van der Waals surface area contributed by atoms with Crippen LogP contribution in [0.2, 0.25) is 5.02 Å². The van der Waals surface area contributed by atoms with Crippen LogP contribution in [-0.2, 0) is 16.0 Å². The Kier molecular flexibility index (Phi) is 7.36. The van der Waals surface area contributed by atoms with Gasteiger partial charge in [-0.15, -0.1) is 0 Å². The summed E-state index contributed by atoms with van der Waals surface area (Å²) >= 11 is 7.32. The van der Waals surface area contributed by atoms with Gasteiger partial charge < -0.3 is 10.4 Å². The quantitative estimate of drug-likeness (QED) is 0.723. The Bertz CT molecular complexity index is 440. The number of halogens is 1. The van der Waals surface area contributed by atoms with Crippen LogP contribution < -0.4 is 5.32 Å². The van der Waals surface area contributed by atoms with Crippen LogP contribution in [0.15, 0.2) is 24.3 Å². The third-order valence-corrected chi connectivity index (χ3v) is 3.70. The smallest absolute Gasteiger partial charge is 0.304 e. The van der Waals surface area contributed by atoms with Crippen molar-refractivity contribution in [3.05, 3.63) is 34.9 Å². The number of carbonyl (C=O) groups excluding carboxylic acids is 1. The zero-order valence-corrected chi connectivity index (χ0v) is 12.0. The number of hydrogen-bond donors (Lipinski definition) is 2. The van der Waals surface area contributed by atoms with E-state index in [0.29, 0.717) is 23.7 Å². The van der Waals surface area contributed by atoms with Gasteiger partial charge in [0.15, 0.2) is 0 Å². The first-order valence-corrected chi connectivity index (χ1v) is 7.42. The van der Waals surface area contributed by atoms with Crippen molar-refractivity contribution in [1.82, 2.24) is 5.32 Å². The minimum atomic E-state index is -0.841. The molecule has 0 heterocycles. The summed E-state index contributed by atoms with van der Waals surface area (Å²) in [5.74, 6) is -0.183. The number of aliphatic carboxylic acids is 1. The van der Waals surface area contributed by atoms with Crippen molar-refractivity contribution in [2.45, 2.75) is 12.8 Å². The molecular weight excluding hydrogens is 286 g/mol. The predicted octanol–water partition coefficient (Wildman–Crippen LogP) is 2.21. The van der Waals surface area contributed by atoms with Gasteiger partial charge in [-0.3, -0.25) is 9.59 Å². The van der Waals surface area contributed by atoms with Crippen LogP contribution in [-0.4, -0.2) is 35.0 Å². The van der Waals surface area contributed by atoms with Crippen LogP contribution in [0.25, 0.3) is 0 Å². The van der Waals surface area contributed by atoms with Crippen molar-refractivity contribution in [3.8, 4) is 0 Å². The molecule has 6 heteroatoms. The number of amides is 1. The standard InChI is InChI=1S/C13H16ClNO3S/c14-11-4-2-1-3-10(11)5-7-15-12(16)9-19-8-6-13(17)18/h1-4H,5-9H2,(H,15,16)(H,17,18). The first kappa shape index (κ1) is 15.9. The Hall–Kier alpha value is -1.20. The van der Waals surface area contributed by atoms with E-state index in [9.17, 15) is 9.59 Å². The van der Waals surface area contributed by atoms with Crippen LogP contribution in [0.1, 0.15) is 12.0 Å². The van der Waals surface area contributed by atoms with Gasteiger partial charge in [-0.1, -0.05) is 29.8 Å². The van der Waals surface area contributed by atoms with Gasteiger partial charge >= 0.3 is 5.97 Å². The van der Waals surface area contributed by atoms with Crippen molar-refractivity contribution in [2.24, 2.45) is 0 Å². The average Bonchev–Trinajstić information content (AvgIpc) is 2.37. The molecule has 0 saturated carbocycles. The number of benzene rings is 1. The Morgan fingerprint density at radius 3 is 2.74 bits per heavy atom. The van der Waals surface area contributed by atoms with E-state index < -0.39 is 5.97 Å². The third kappa shape index (κ3) is 7.08. The maximum absolute atomic E-state index is 11.5. The molecule has 0 aliphatic rings. The summed E-state index contributed by atoms with van der Waals surface area (Å²) in [7, 11) is 0. The van der Waals surface area contributed by atoms with Gasteiger partial charge in [-0.25, -0.2) is 0 Å². The fourth-order valence-corrected chi connectivity index (χ4v) is 2.39. The van der Waals surface area contributed by atoms with E-state index in [1.807, 2.05) is 24.3 Å². The summed E-state index contributed by atoms with van der Waals surface area (Å²) in [6, 6.07) is 7.52. The molecule has 1 aromatic carbocycles. The number of nitrogens with one attached hydrogen (secondary N) is 1. The molecule has 0 fully saturated rings. The summed E-state index contributed by atoms with van der Waals surface area (Å²) in [6.45, 7) is 0.530. The summed E-state index contributed by atoms with van der Waals surface area (Å²) in [5, 5.41) is 11.9. The first-order chi connectivity index (χ1) is 9.09. The number of hydrogen-bond acceptors (Lipinski definition) is 3. The van der Waals surface area contributed by atoms with E-state index in [1.54, 1.807) is 0 Å². The summed E-state index contributed by atoms with van der Waals surface area (Å²) in [5.41, 5.74) is 1.00. The second-order valence-corrected chi connectivity index (χ2v) is 5.40. The molecule has 1 aromatic rings. The molecule has 4 nitrogen and oxygen atoms in total. The lowest BCUT2D eigenvalue weighted by Crippen LogP contribution is -2.27. The minimum Gasteiger partial charge on any atom is -0.481 e. The molecule has 1 rings (SSSR count). The van der Waals surface area contributed by atoms with Crippen molar-refractivity contribution in [1.29, 1.82) is 0 Å². The van der Waals surface area contributed by atoms with Crippen LogP contribution >= 0.6 is 23.4 Å². The number of carboxylic acid groups (broad SMARTS) is 1. The molecule has 0 unspecified atom stereocenters. The second kappa shape index (κ2) is 8.82. The fourth-order valence-electron chi connectivity index (χ4n) is 1.41. The topological polar surface area (TPSA) is 66.4 Å². The van der Waals surface area contributed by atoms with E-state index in [-0.39, 0.29) is 18.1 Å². The maximum atomic E-state index is 11.5. The zero-order chi connectivity index (χ0) is 14.1. The van der Waals surface area contributed by atoms with Gasteiger partial charge in [0, 0.05) is 17.3 Å². The lowest BCUT2D eigenvalue weighted by atomic mass is 10.1. The monoisotopic (exact) mass is 301 g/mol. The second-order valence-electron chi connectivity index (χ2n) is 3.89. The largest absolute Gasteiger partial charge is 0.481 e. The van der Waals surface area contributed by atoms with Gasteiger partial charge in [-0.2, -0.15) is 11.8 Å². The zero-order valence-electron chi connectivity index (χ0n) is 10.4. The number of carbonyl (C=O) groups is 2. The number of rotatable bonds is 8. The van der Waals surface area contributed by atoms with Crippen molar-refractivity contribution in [3.63, 3.8) is 0 Å². The highest BCUT2D eigenvalue weighted by molar-refractivity contribution is 7.99. The molecule has 0 aliphatic carbocycles. The van der Waals surface area contributed by atoms with E-state index in [1.165, 1.54) is 11.8 Å². The van der Waals surface area contributed by atoms with Crippen LogP contribution in [0.4, 0.5) is 0 Å². The van der Waals surface area contributed by atoms with Crippen molar-refractivity contribution >= 4 is 35.2 Å². The Morgan fingerprint density at radius 2 is 2.05 bits per heavy atom. The molecule has 0 atom stereocenters. The number of thioether (sulfide) groups is 1. The summed E-state index contributed by atoms with van der Waals surface area (Å²) in [4.78, 5) is 21.7. The first-order valence-electron chi connectivity index (χ1n) is 5.89. The molecule has 0 aliphatic heterocycles. The van der Waals surface area contributed by atoms with E-state index >= 15 is 0 Å². The Morgan fingerprint density at radius 1 is 1.32 bits per heavy atom. The molecule has 0 radical (unpaired) electrons. The van der Waals surface area contributed by atoms with Gasteiger partial charge in [-0.05, 0) is 18.1 Å². The van der Waals surface area contributed by atoms with E-state index in [2.05, 4.69) is 5.32 Å². The Balaban J connectivity index is 2.14. The van der Waals surface area contributed by atoms with E-state index in [4.69, 9.17) is 16.7 Å². The van der Waals surface area contributed by atoms with Gasteiger partial charge in [0.05, 0.1) is 12.2 Å². The molecule has 0 aromatic heterocycles. The van der Waals surface area contributed by atoms with Crippen LogP contribution in [0, 0.1) is 0 Å². The van der Waals surface area contributed by atoms with Crippen LogP contribution in [0.3, 0.4) is 0 Å². The van der Waals surface area contributed by atoms with Gasteiger partial charge in [0.2, 0.25) is 5.91 Å². The van der Waals surface area contributed by atoms with E-state index in [0.717, 1.165) is 5.56 Å². The molecule has 2 N–H and O–H groups in total. The average molecular weight is 302 g/mol. The highest BCUT2D eigenvalue weighted by Gasteiger charge is 2.04. The minimum absolute atomic E-state index is 0.0809. The van der Waals surface area contributed by atoms with Gasteiger partial charge in [0.25, 0.3) is 0 Å².